The van der Waals surface area contributed by atoms with Crippen LogP contribution >= 0.6 is 0 Å². The van der Waals surface area contributed by atoms with Crippen LogP contribution in [0.5, 0.6) is 0 Å². The van der Waals surface area contributed by atoms with Gasteiger partial charge in [0.25, 0.3) is 0 Å². The molecule has 0 aromatic heterocycles. The Morgan fingerprint density at radius 1 is 1.03 bits per heavy atom. The van der Waals surface area contributed by atoms with E-state index in [1.807, 2.05) is 24.3 Å². The highest BCUT2D eigenvalue weighted by molar-refractivity contribution is 5.95. The van der Waals surface area contributed by atoms with E-state index < -0.39 is 5.82 Å². The zero-order valence-corrected chi connectivity index (χ0v) is 16.9. The van der Waals surface area contributed by atoms with Crippen molar-refractivity contribution in [2.75, 3.05) is 54.9 Å². The molecule has 0 atom stereocenters. The van der Waals surface area contributed by atoms with Crippen molar-refractivity contribution in [2.24, 2.45) is 0 Å². The molecule has 0 bridgehead atoms. The van der Waals surface area contributed by atoms with Crippen molar-refractivity contribution in [1.82, 2.24) is 4.90 Å². The molecule has 1 N–H and O–H groups in total. The van der Waals surface area contributed by atoms with Gasteiger partial charge in [-0.1, -0.05) is 12.1 Å². The number of nitrogens with one attached hydrogen (secondary N) is 1. The molecule has 2 aromatic rings. The summed E-state index contributed by atoms with van der Waals surface area (Å²) < 4.78 is 14.0. The van der Waals surface area contributed by atoms with E-state index in [2.05, 4.69) is 22.2 Å². The molecule has 154 valence electrons. The van der Waals surface area contributed by atoms with E-state index in [1.54, 1.807) is 12.1 Å². The average molecular weight is 398 g/mol. The fourth-order valence-electron chi connectivity index (χ4n) is 3.38. The summed E-state index contributed by atoms with van der Waals surface area (Å²) in [5, 5.41) is 2.84. The van der Waals surface area contributed by atoms with Crippen LogP contribution < -0.4 is 15.1 Å². The van der Waals surface area contributed by atoms with E-state index in [9.17, 15) is 14.0 Å². The van der Waals surface area contributed by atoms with Crippen molar-refractivity contribution in [3.05, 3.63) is 54.3 Å². The molecule has 1 saturated heterocycles. The van der Waals surface area contributed by atoms with Crippen LogP contribution in [0.1, 0.15) is 13.3 Å². The van der Waals surface area contributed by atoms with Crippen molar-refractivity contribution < 1.29 is 14.0 Å². The van der Waals surface area contributed by atoms with Gasteiger partial charge in [0.05, 0.1) is 5.69 Å². The number of para-hydroxylation sites is 1. The van der Waals surface area contributed by atoms with Crippen LogP contribution in [0.2, 0.25) is 0 Å². The van der Waals surface area contributed by atoms with Crippen LogP contribution in [0.25, 0.3) is 0 Å². The number of halogens is 1. The SMILES string of the molecule is CC(=O)N(CCC(=O)Nc1ccc(N2CCN(C)CC2)cc1)c1ccccc1F. The number of piperazine rings is 1. The lowest BCUT2D eigenvalue weighted by molar-refractivity contribution is -0.117. The first-order chi connectivity index (χ1) is 13.9. The van der Waals surface area contributed by atoms with E-state index >= 15 is 0 Å². The average Bonchev–Trinajstić information content (AvgIpc) is 2.70. The molecule has 0 saturated carbocycles. The Balaban J connectivity index is 1.55. The second-order valence-electron chi connectivity index (χ2n) is 7.26. The molecule has 2 amide bonds. The Hall–Kier alpha value is -2.93. The molecule has 0 aliphatic carbocycles. The minimum absolute atomic E-state index is 0.0775. The minimum atomic E-state index is -0.484. The van der Waals surface area contributed by atoms with E-state index in [-0.39, 0.29) is 30.5 Å². The maximum absolute atomic E-state index is 14.0. The summed E-state index contributed by atoms with van der Waals surface area (Å²) in [6.07, 6.45) is 0.0775. The summed E-state index contributed by atoms with van der Waals surface area (Å²) in [5.41, 5.74) is 2.02. The first kappa shape index (κ1) is 20.8. The van der Waals surface area contributed by atoms with Crippen LogP contribution in [-0.4, -0.2) is 56.5 Å². The van der Waals surface area contributed by atoms with Gasteiger partial charge in [0.2, 0.25) is 11.8 Å². The van der Waals surface area contributed by atoms with Gasteiger partial charge in [-0.05, 0) is 43.4 Å². The number of amides is 2. The Morgan fingerprint density at radius 2 is 1.69 bits per heavy atom. The van der Waals surface area contributed by atoms with E-state index in [1.165, 1.54) is 24.0 Å². The number of likely N-dealkylation sites (N-methyl/N-ethyl adjacent to an activating group) is 1. The van der Waals surface area contributed by atoms with Crippen molar-refractivity contribution in [3.63, 3.8) is 0 Å². The summed E-state index contributed by atoms with van der Waals surface area (Å²) in [4.78, 5) is 30.1. The van der Waals surface area contributed by atoms with Crippen LogP contribution in [0.15, 0.2) is 48.5 Å². The third-order valence-corrected chi connectivity index (χ3v) is 5.11. The second kappa shape index (κ2) is 9.52. The molecule has 3 rings (SSSR count). The molecule has 0 radical (unpaired) electrons. The fraction of sp³-hybridized carbons (Fsp3) is 0.364. The Bertz CT molecular complexity index is 848. The topological polar surface area (TPSA) is 55.9 Å². The first-order valence-corrected chi connectivity index (χ1v) is 9.80. The third-order valence-electron chi connectivity index (χ3n) is 5.11. The number of carbonyl (C=O) groups is 2. The number of rotatable bonds is 6. The van der Waals surface area contributed by atoms with Crippen LogP contribution in [-0.2, 0) is 9.59 Å². The van der Waals surface area contributed by atoms with E-state index in [0.717, 1.165) is 31.9 Å². The quantitative estimate of drug-likeness (QED) is 0.813. The number of carbonyl (C=O) groups excluding carboxylic acids is 2. The normalized spacial score (nSPS) is 14.5. The molecule has 7 heteroatoms. The smallest absolute Gasteiger partial charge is 0.226 e. The maximum atomic E-state index is 14.0. The molecule has 2 aromatic carbocycles. The lowest BCUT2D eigenvalue weighted by Crippen LogP contribution is -2.44. The summed E-state index contributed by atoms with van der Waals surface area (Å²) in [6, 6.07) is 13.8. The van der Waals surface area contributed by atoms with Crippen molar-refractivity contribution >= 4 is 28.9 Å². The molecule has 29 heavy (non-hydrogen) atoms. The molecule has 0 unspecified atom stereocenters. The molecular weight excluding hydrogens is 371 g/mol. The monoisotopic (exact) mass is 398 g/mol. The Labute approximate surface area is 170 Å². The van der Waals surface area contributed by atoms with Gasteiger partial charge in [0.15, 0.2) is 0 Å². The largest absolute Gasteiger partial charge is 0.369 e. The van der Waals surface area contributed by atoms with E-state index in [0.29, 0.717) is 5.69 Å². The fourth-order valence-corrected chi connectivity index (χ4v) is 3.38. The highest BCUT2D eigenvalue weighted by atomic mass is 19.1. The van der Waals surface area contributed by atoms with Crippen LogP contribution in [0.3, 0.4) is 0 Å². The standard InChI is InChI=1S/C22H27FN4O2/c1-17(28)27(21-6-4-3-5-20(21)23)12-11-22(29)24-18-7-9-19(10-8-18)26-15-13-25(2)14-16-26/h3-10H,11-16H2,1-2H3,(H,24,29). The molecule has 1 aliphatic rings. The van der Waals surface area contributed by atoms with Gasteiger partial charge in [-0.15, -0.1) is 0 Å². The highest BCUT2D eigenvalue weighted by Gasteiger charge is 2.17. The Kier molecular flexibility index (Phi) is 6.82. The molecule has 1 fully saturated rings. The number of hydrogen-bond acceptors (Lipinski definition) is 4. The summed E-state index contributed by atoms with van der Waals surface area (Å²) in [5.74, 6) is -1.01. The maximum Gasteiger partial charge on any atom is 0.226 e. The predicted molar refractivity (Wildman–Crippen MR) is 114 cm³/mol. The predicted octanol–water partition coefficient (Wildman–Crippen LogP) is 2.96. The van der Waals surface area contributed by atoms with Crippen LogP contribution in [0, 0.1) is 5.82 Å². The number of anilines is 3. The molecule has 1 heterocycles. The first-order valence-electron chi connectivity index (χ1n) is 9.80. The Morgan fingerprint density at radius 3 is 2.31 bits per heavy atom. The molecule has 6 nitrogen and oxygen atoms in total. The van der Waals surface area contributed by atoms with Gasteiger partial charge in [0, 0.05) is 57.4 Å². The minimum Gasteiger partial charge on any atom is -0.369 e. The zero-order valence-electron chi connectivity index (χ0n) is 16.9. The van der Waals surface area contributed by atoms with Gasteiger partial charge < -0.3 is 20.0 Å². The second-order valence-corrected chi connectivity index (χ2v) is 7.26. The van der Waals surface area contributed by atoms with Crippen molar-refractivity contribution in [1.29, 1.82) is 0 Å². The van der Waals surface area contributed by atoms with E-state index in [4.69, 9.17) is 0 Å². The van der Waals surface area contributed by atoms with Gasteiger partial charge in [-0.2, -0.15) is 0 Å². The van der Waals surface area contributed by atoms with Gasteiger partial charge in [-0.25, -0.2) is 4.39 Å². The highest BCUT2D eigenvalue weighted by Crippen LogP contribution is 2.21. The molecule has 1 aliphatic heterocycles. The van der Waals surface area contributed by atoms with Gasteiger partial charge in [0.1, 0.15) is 5.82 Å². The molecule has 0 spiro atoms. The molecular formula is C22H27FN4O2. The summed E-state index contributed by atoms with van der Waals surface area (Å²) in [6.45, 7) is 5.52. The number of hydrogen-bond donors (Lipinski definition) is 1. The van der Waals surface area contributed by atoms with Crippen molar-refractivity contribution in [3.8, 4) is 0 Å². The lowest BCUT2D eigenvalue weighted by Gasteiger charge is -2.34. The lowest BCUT2D eigenvalue weighted by atomic mass is 10.2. The summed E-state index contributed by atoms with van der Waals surface area (Å²) in [7, 11) is 2.12. The summed E-state index contributed by atoms with van der Waals surface area (Å²) >= 11 is 0. The van der Waals surface area contributed by atoms with Gasteiger partial charge in [-0.3, -0.25) is 9.59 Å². The number of benzene rings is 2. The van der Waals surface area contributed by atoms with Crippen LogP contribution in [0.4, 0.5) is 21.5 Å². The van der Waals surface area contributed by atoms with Crippen molar-refractivity contribution in [2.45, 2.75) is 13.3 Å². The third kappa shape index (κ3) is 5.54. The van der Waals surface area contributed by atoms with Gasteiger partial charge >= 0.3 is 0 Å². The number of nitrogens with zero attached hydrogens (tertiary/aromatic N) is 3. The zero-order chi connectivity index (χ0) is 20.8.